The van der Waals surface area contributed by atoms with Crippen molar-refractivity contribution in [1.29, 1.82) is 0 Å². The molecule has 0 heterocycles. The van der Waals surface area contributed by atoms with Crippen LogP contribution in [0.5, 0.6) is 0 Å². The summed E-state index contributed by atoms with van der Waals surface area (Å²) >= 11 is 0. The van der Waals surface area contributed by atoms with Crippen molar-refractivity contribution in [1.82, 2.24) is 4.31 Å². The maximum absolute atomic E-state index is 12.4. The molecule has 7 nitrogen and oxygen atoms in total. The summed E-state index contributed by atoms with van der Waals surface area (Å²) in [6.45, 7) is 1.29. The van der Waals surface area contributed by atoms with E-state index in [2.05, 4.69) is 4.74 Å². The van der Waals surface area contributed by atoms with Gasteiger partial charge in [-0.2, -0.15) is 4.31 Å². The van der Waals surface area contributed by atoms with Crippen molar-refractivity contribution in [2.24, 2.45) is 5.92 Å². The zero-order chi connectivity index (χ0) is 14.8. The lowest BCUT2D eigenvalue weighted by Gasteiger charge is -2.27. The maximum Gasteiger partial charge on any atom is 0.321 e. The van der Waals surface area contributed by atoms with Crippen molar-refractivity contribution < 1.29 is 27.9 Å². The number of carbonyl (C=O) groups is 2. The predicted molar refractivity (Wildman–Crippen MR) is 66.9 cm³/mol. The number of hydrogen-bond acceptors (Lipinski definition) is 5. The largest absolute Gasteiger partial charge is 0.480 e. The number of carboxylic acids is 1. The van der Waals surface area contributed by atoms with Crippen molar-refractivity contribution in [3.05, 3.63) is 0 Å². The van der Waals surface area contributed by atoms with Crippen LogP contribution in [0.3, 0.4) is 0 Å². The minimum absolute atomic E-state index is 0.346. The number of carbonyl (C=O) groups excluding carboxylic acids is 1. The summed E-state index contributed by atoms with van der Waals surface area (Å²) in [6.07, 6.45) is 1.41. The number of carboxylic acid groups (broad SMARTS) is 1. The number of likely N-dealkylation sites (N-methyl/N-ethyl adjacent to an activating group) is 1. The lowest BCUT2D eigenvalue weighted by Crippen LogP contribution is -2.47. The highest BCUT2D eigenvalue weighted by Gasteiger charge is 2.45. The topological polar surface area (TPSA) is 101 Å². The monoisotopic (exact) mass is 293 g/mol. The molecule has 1 aliphatic carbocycles. The first-order valence-corrected chi connectivity index (χ1v) is 7.51. The van der Waals surface area contributed by atoms with E-state index in [1.807, 2.05) is 0 Å². The van der Waals surface area contributed by atoms with Gasteiger partial charge in [-0.25, -0.2) is 8.42 Å². The van der Waals surface area contributed by atoms with E-state index in [0.29, 0.717) is 19.3 Å². The number of ether oxygens (including phenoxy) is 1. The molecule has 0 saturated heterocycles. The Morgan fingerprint density at radius 1 is 1.37 bits per heavy atom. The summed E-state index contributed by atoms with van der Waals surface area (Å²) in [5.41, 5.74) is 0. The SMILES string of the molecule is COC(=O)C1CCCC1S(=O)(=O)N(C)C(C)C(=O)O. The van der Waals surface area contributed by atoms with E-state index < -0.39 is 39.2 Å². The predicted octanol–water partition coefficient (Wildman–Crippen LogP) is 0.0628. The molecule has 0 aromatic heterocycles. The van der Waals surface area contributed by atoms with Crippen molar-refractivity contribution in [2.75, 3.05) is 14.2 Å². The Morgan fingerprint density at radius 2 is 1.95 bits per heavy atom. The summed E-state index contributed by atoms with van der Waals surface area (Å²) < 4.78 is 30.2. The third kappa shape index (κ3) is 3.06. The van der Waals surface area contributed by atoms with Crippen LogP contribution in [-0.2, 0) is 24.3 Å². The van der Waals surface area contributed by atoms with E-state index in [-0.39, 0.29) is 0 Å². The van der Waals surface area contributed by atoms with E-state index >= 15 is 0 Å². The van der Waals surface area contributed by atoms with Gasteiger partial charge in [0.05, 0.1) is 18.3 Å². The van der Waals surface area contributed by atoms with Crippen LogP contribution in [-0.4, -0.2) is 55.2 Å². The van der Waals surface area contributed by atoms with Gasteiger partial charge in [0.1, 0.15) is 6.04 Å². The molecule has 0 radical (unpaired) electrons. The highest BCUT2D eigenvalue weighted by Crippen LogP contribution is 2.33. The molecular weight excluding hydrogens is 274 g/mol. The van der Waals surface area contributed by atoms with E-state index in [4.69, 9.17) is 5.11 Å². The standard InChI is InChI=1S/C11H19NO6S/c1-7(10(13)14)12(2)19(16,17)9-6-4-5-8(9)11(15)18-3/h7-9H,4-6H2,1-3H3,(H,13,14). The number of esters is 1. The van der Waals surface area contributed by atoms with Crippen molar-refractivity contribution in [3.63, 3.8) is 0 Å². The fraction of sp³-hybridized carbons (Fsp3) is 0.818. The van der Waals surface area contributed by atoms with Gasteiger partial charge in [-0.1, -0.05) is 6.42 Å². The molecule has 110 valence electrons. The first-order chi connectivity index (χ1) is 8.73. The minimum Gasteiger partial charge on any atom is -0.480 e. The molecule has 1 rings (SSSR count). The van der Waals surface area contributed by atoms with Gasteiger partial charge < -0.3 is 9.84 Å². The fourth-order valence-electron chi connectivity index (χ4n) is 2.29. The Labute approximate surface area is 112 Å². The molecule has 1 saturated carbocycles. The molecule has 19 heavy (non-hydrogen) atoms. The molecule has 1 aliphatic rings. The number of hydrogen-bond donors (Lipinski definition) is 1. The minimum atomic E-state index is -3.84. The van der Waals surface area contributed by atoms with Crippen molar-refractivity contribution in [3.8, 4) is 0 Å². The number of methoxy groups -OCH3 is 1. The molecule has 0 aromatic rings. The van der Waals surface area contributed by atoms with Gasteiger partial charge in [0.25, 0.3) is 0 Å². The molecule has 0 aromatic carbocycles. The van der Waals surface area contributed by atoms with Gasteiger partial charge >= 0.3 is 11.9 Å². The summed E-state index contributed by atoms with van der Waals surface area (Å²) in [4.78, 5) is 22.5. The Balaban J connectivity index is 2.99. The number of aliphatic carboxylic acids is 1. The first-order valence-electron chi connectivity index (χ1n) is 6.01. The second-order valence-corrected chi connectivity index (χ2v) is 6.89. The van der Waals surface area contributed by atoms with Crippen LogP contribution < -0.4 is 0 Å². The van der Waals surface area contributed by atoms with E-state index in [1.165, 1.54) is 21.1 Å². The van der Waals surface area contributed by atoms with Crippen LogP contribution in [0.1, 0.15) is 26.2 Å². The average Bonchev–Trinajstić information content (AvgIpc) is 2.85. The molecule has 0 bridgehead atoms. The lowest BCUT2D eigenvalue weighted by atomic mass is 10.1. The maximum atomic E-state index is 12.4. The molecule has 0 spiro atoms. The van der Waals surface area contributed by atoms with Gasteiger partial charge in [0.15, 0.2) is 0 Å². The quantitative estimate of drug-likeness (QED) is 0.719. The normalized spacial score (nSPS) is 25.3. The Hall–Kier alpha value is -1.15. The van der Waals surface area contributed by atoms with Crippen LogP contribution in [0.2, 0.25) is 0 Å². The molecule has 3 atom stereocenters. The summed E-state index contributed by atoms with van der Waals surface area (Å²) in [5, 5.41) is 7.99. The summed E-state index contributed by atoms with van der Waals surface area (Å²) in [7, 11) is -1.40. The van der Waals surface area contributed by atoms with Crippen LogP contribution in [0.25, 0.3) is 0 Å². The van der Waals surface area contributed by atoms with E-state index in [0.717, 1.165) is 4.31 Å². The molecule has 0 amide bonds. The Bertz CT molecular complexity index is 460. The molecule has 1 fully saturated rings. The van der Waals surface area contributed by atoms with Crippen molar-refractivity contribution >= 4 is 22.0 Å². The zero-order valence-electron chi connectivity index (χ0n) is 11.2. The van der Waals surface area contributed by atoms with Gasteiger partial charge in [-0.05, 0) is 19.8 Å². The van der Waals surface area contributed by atoms with Gasteiger partial charge in [-0.15, -0.1) is 0 Å². The van der Waals surface area contributed by atoms with Crippen LogP contribution in [0.15, 0.2) is 0 Å². The second kappa shape index (κ2) is 5.87. The molecular formula is C11H19NO6S. The fourth-order valence-corrected chi connectivity index (χ4v) is 4.38. The highest BCUT2D eigenvalue weighted by molar-refractivity contribution is 7.89. The summed E-state index contributed by atoms with van der Waals surface area (Å²) in [5.74, 6) is -2.49. The lowest BCUT2D eigenvalue weighted by molar-refractivity contribution is -0.145. The number of sulfonamides is 1. The second-order valence-electron chi connectivity index (χ2n) is 4.67. The highest BCUT2D eigenvalue weighted by atomic mass is 32.2. The molecule has 8 heteroatoms. The van der Waals surface area contributed by atoms with Crippen LogP contribution in [0.4, 0.5) is 0 Å². The van der Waals surface area contributed by atoms with Crippen LogP contribution >= 0.6 is 0 Å². The Morgan fingerprint density at radius 3 is 2.42 bits per heavy atom. The number of rotatable bonds is 5. The molecule has 0 aliphatic heterocycles. The van der Waals surface area contributed by atoms with Crippen molar-refractivity contribution in [2.45, 2.75) is 37.5 Å². The van der Waals surface area contributed by atoms with E-state index in [9.17, 15) is 18.0 Å². The third-order valence-electron chi connectivity index (χ3n) is 3.64. The third-order valence-corrected chi connectivity index (χ3v) is 6.09. The first kappa shape index (κ1) is 15.9. The van der Waals surface area contributed by atoms with Gasteiger partial charge in [-0.3, -0.25) is 9.59 Å². The zero-order valence-corrected chi connectivity index (χ0v) is 12.0. The smallest absolute Gasteiger partial charge is 0.321 e. The van der Waals surface area contributed by atoms with Gasteiger partial charge in [0.2, 0.25) is 10.0 Å². The van der Waals surface area contributed by atoms with Gasteiger partial charge in [0, 0.05) is 7.05 Å². The molecule has 1 N–H and O–H groups in total. The number of nitrogens with zero attached hydrogens (tertiary/aromatic N) is 1. The Kier molecular flexibility index (Phi) is 4.92. The summed E-state index contributed by atoms with van der Waals surface area (Å²) in [6, 6.07) is -1.16. The van der Waals surface area contributed by atoms with E-state index in [1.54, 1.807) is 0 Å². The molecule has 3 unspecified atom stereocenters. The van der Waals surface area contributed by atoms with Crippen LogP contribution in [0, 0.1) is 5.92 Å². The average molecular weight is 293 g/mol.